The third-order valence-electron chi connectivity index (χ3n) is 3.81. The molecule has 0 saturated carbocycles. The molecular weight excluding hydrogens is 432 g/mol. The number of nitrogens with zero attached hydrogens (tertiary/aromatic N) is 1. The molecule has 8 nitrogen and oxygen atoms in total. The van der Waals surface area contributed by atoms with Gasteiger partial charge in [-0.15, -0.1) is 0 Å². The third kappa shape index (κ3) is 3.99. The number of carboxylic acid groups (broad SMARTS) is 1. The zero-order valence-electron chi connectivity index (χ0n) is 14.6. The number of hydrogen-bond donors (Lipinski definition) is 2. The molecule has 28 heavy (non-hydrogen) atoms. The average Bonchev–Trinajstić information content (AvgIpc) is 2.95. The summed E-state index contributed by atoms with van der Waals surface area (Å²) in [5, 5.41) is 9.94. The molecule has 0 aromatic heterocycles. The highest BCUT2D eigenvalue weighted by Gasteiger charge is 2.34. The minimum Gasteiger partial charge on any atom is -0.493 e. The fraction of sp³-hybridized carbons (Fsp3) is 0.105. The second-order valence-electron chi connectivity index (χ2n) is 5.69. The summed E-state index contributed by atoms with van der Waals surface area (Å²) in [5.41, 5.74) is 3.52. The van der Waals surface area contributed by atoms with Crippen molar-refractivity contribution in [1.82, 2.24) is 5.43 Å². The molecule has 0 radical (unpaired) electrons. The SMILES string of the molecule is COc1cc(/C=C2/C(=O)NN(c3ccccc3)C2=O)cc(Br)c1OCC(=O)O. The summed E-state index contributed by atoms with van der Waals surface area (Å²) in [4.78, 5) is 35.7. The highest BCUT2D eigenvalue weighted by Crippen LogP contribution is 2.37. The van der Waals surface area contributed by atoms with Crippen LogP contribution in [0.25, 0.3) is 6.08 Å². The van der Waals surface area contributed by atoms with E-state index in [1.807, 2.05) is 0 Å². The molecule has 1 fully saturated rings. The summed E-state index contributed by atoms with van der Waals surface area (Å²) in [6.07, 6.45) is 1.43. The van der Waals surface area contributed by atoms with E-state index in [2.05, 4.69) is 21.4 Å². The molecule has 1 heterocycles. The first-order valence-corrected chi connectivity index (χ1v) is 8.84. The van der Waals surface area contributed by atoms with E-state index in [9.17, 15) is 14.4 Å². The maximum atomic E-state index is 12.6. The first-order chi connectivity index (χ1) is 13.4. The topological polar surface area (TPSA) is 105 Å². The Bertz CT molecular complexity index is 974. The zero-order chi connectivity index (χ0) is 20.3. The van der Waals surface area contributed by atoms with Crippen LogP contribution in [0.1, 0.15) is 5.56 Å². The summed E-state index contributed by atoms with van der Waals surface area (Å²) < 4.78 is 10.9. The molecule has 2 amide bonds. The zero-order valence-corrected chi connectivity index (χ0v) is 16.2. The molecule has 3 rings (SSSR count). The fourth-order valence-electron chi connectivity index (χ4n) is 2.58. The molecule has 1 saturated heterocycles. The van der Waals surface area contributed by atoms with Crippen molar-refractivity contribution in [3.8, 4) is 11.5 Å². The second kappa shape index (κ2) is 8.13. The summed E-state index contributed by atoms with van der Waals surface area (Å²) in [6, 6.07) is 11.9. The average molecular weight is 447 g/mol. The maximum Gasteiger partial charge on any atom is 0.341 e. The van der Waals surface area contributed by atoms with E-state index in [0.717, 1.165) is 0 Å². The number of halogens is 1. The Morgan fingerprint density at radius 1 is 1.25 bits per heavy atom. The first-order valence-electron chi connectivity index (χ1n) is 8.05. The molecule has 2 N–H and O–H groups in total. The van der Waals surface area contributed by atoms with Crippen LogP contribution >= 0.6 is 15.9 Å². The predicted octanol–water partition coefficient (Wildman–Crippen LogP) is 2.38. The number of para-hydroxylation sites is 1. The lowest BCUT2D eigenvalue weighted by atomic mass is 10.1. The number of carbonyl (C=O) groups is 3. The van der Waals surface area contributed by atoms with Crippen LogP contribution in [0.5, 0.6) is 11.5 Å². The quantitative estimate of drug-likeness (QED) is 0.521. The summed E-state index contributed by atoms with van der Waals surface area (Å²) >= 11 is 3.29. The number of hydrogen-bond acceptors (Lipinski definition) is 5. The molecule has 9 heteroatoms. The van der Waals surface area contributed by atoms with E-state index in [-0.39, 0.29) is 17.1 Å². The lowest BCUT2D eigenvalue weighted by Gasteiger charge is -2.14. The lowest BCUT2D eigenvalue weighted by molar-refractivity contribution is -0.139. The summed E-state index contributed by atoms with van der Waals surface area (Å²) in [6.45, 7) is -0.539. The van der Waals surface area contributed by atoms with Gasteiger partial charge in [-0.2, -0.15) is 0 Å². The number of nitrogens with one attached hydrogen (secondary N) is 1. The van der Waals surface area contributed by atoms with Gasteiger partial charge in [-0.05, 0) is 51.8 Å². The number of benzene rings is 2. The Labute approximate surface area is 168 Å². The van der Waals surface area contributed by atoms with Gasteiger partial charge in [0.15, 0.2) is 18.1 Å². The van der Waals surface area contributed by atoms with Crippen molar-refractivity contribution in [3.63, 3.8) is 0 Å². The minimum atomic E-state index is -1.13. The van der Waals surface area contributed by atoms with Gasteiger partial charge in [-0.25, -0.2) is 9.80 Å². The standard InChI is InChI=1S/C19H15BrN2O6/c1-27-15-9-11(8-14(20)17(15)28-10-16(23)24)7-13-18(25)21-22(19(13)26)12-5-3-2-4-6-12/h2-9H,10H2,1H3,(H,21,25)(H,23,24)/b13-7-. The van der Waals surface area contributed by atoms with Crippen molar-refractivity contribution < 1.29 is 29.0 Å². The van der Waals surface area contributed by atoms with E-state index < -0.39 is 24.4 Å². The monoisotopic (exact) mass is 446 g/mol. The molecule has 0 aliphatic carbocycles. The van der Waals surface area contributed by atoms with Crippen LogP contribution in [0.2, 0.25) is 0 Å². The fourth-order valence-corrected chi connectivity index (χ4v) is 3.15. The van der Waals surface area contributed by atoms with Crippen LogP contribution in [-0.2, 0) is 14.4 Å². The molecule has 0 unspecified atom stereocenters. The Morgan fingerprint density at radius 3 is 2.61 bits per heavy atom. The number of anilines is 1. The van der Waals surface area contributed by atoms with E-state index in [0.29, 0.717) is 15.7 Å². The van der Waals surface area contributed by atoms with Crippen molar-refractivity contribution in [3.05, 3.63) is 58.1 Å². The van der Waals surface area contributed by atoms with Crippen LogP contribution in [0.15, 0.2) is 52.5 Å². The highest BCUT2D eigenvalue weighted by molar-refractivity contribution is 9.10. The highest BCUT2D eigenvalue weighted by atomic mass is 79.9. The Hall–Kier alpha value is -3.33. The van der Waals surface area contributed by atoms with Crippen molar-refractivity contribution in [2.24, 2.45) is 0 Å². The number of carboxylic acids is 1. The van der Waals surface area contributed by atoms with Crippen LogP contribution in [-0.4, -0.2) is 36.6 Å². The summed E-state index contributed by atoms with van der Waals surface area (Å²) in [5.74, 6) is -1.68. The normalized spacial score (nSPS) is 14.9. The number of ether oxygens (including phenoxy) is 2. The molecule has 2 aromatic carbocycles. The van der Waals surface area contributed by atoms with Crippen molar-refractivity contribution >= 4 is 45.5 Å². The Kier molecular flexibility index (Phi) is 5.65. The van der Waals surface area contributed by atoms with Crippen LogP contribution in [0.3, 0.4) is 0 Å². The number of hydrazine groups is 1. The smallest absolute Gasteiger partial charge is 0.341 e. The van der Waals surface area contributed by atoms with E-state index in [1.165, 1.54) is 18.2 Å². The number of amides is 2. The molecular formula is C19H15BrN2O6. The van der Waals surface area contributed by atoms with Gasteiger partial charge in [0.05, 0.1) is 17.3 Å². The van der Waals surface area contributed by atoms with Gasteiger partial charge in [0.25, 0.3) is 11.8 Å². The minimum absolute atomic E-state index is 0.0444. The molecule has 144 valence electrons. The molecule has 0 bridgehead atoms. The number of carbonyl (C=O) groups excluding carboxylic acids is 2. The largest absolute Gasteiger partial charge is 0.493 e. The maximum absolute atomic E-state index is 12.6. The molecule has 0 atom stereocenters. The predicted molar refractivity (Wildman–Crippen MR) is 104 cm³/mol. The Balaban J connectivity index is 1.92. The van der Waals surface area contributed by atoms with Gasteiger partial charge < -0.3 is 14.6 Å². The van der Waals surface area contributed by atoms with Crippen LogP contribution in [0, 0.1) is 0 Å². The molecule has 1 aliphatic rings. The first kappa shape index (κ1) is 19.4. The van der Waals surface area contributed by atoms with Crippen molar-refractivity contribution in [2.75, 3.05) is 18.7 Å². The van der Waals surface area contributed by atoms with Gasteiger partial charge in [0, 0.05) is 0 Å². The van der Waals surface area contributed by atoms with Crippen LogP contribution < -0.4 is 19.9 Å². The van der Waals surface area contributed by atoms with Crippen molar-refractivity contribution in [1.29, 1.82) is 0 Å². The van der Waals surface area contributed by atoms with E-state index in [1.54, 1.807) is 42.5 Å². The summed E-state index contributed by atoms with van der Waals surface area (Å²) in [7, 11) is 1.40. The molecule has 0 spiro atoms. The van der Waals surface area contributed by atoms with Crippen LogP contribution in [0.4, 0.5) is 5.69 Å². The number of rotatable bonds is 6. The van der Waals surface area contributed by atoms with Crippen molar-refractivity contribution in [2.45, 2.75) is 0 Å². The van der Waals surface area contributed by atoms with Gasteiger partial charge >= 0.3 is 5.97 Å². The van der Waals surface area contributed by atoms with Gasteiger partial charge in [-0.1, -0.05) is 18.2 Å². The third-order valence-corrected chi connectivity index (χ3v) is 4.40. The second-order valence-corrected chi connectivity index (χ2v) is 6.55. The van der Waals surface area contributed by atoms with E-state index in [4.69, 9.17) is 14.6 Å². The molecule has 1 aliphatic heterocycles. The number of methoxy groups -OCH3 is 1. The van der Waals surface area contributed by atoms with E-state index >= 15 is 0 Å². The van der Waals surface area contributed by atoms with Gasteiger partial charge in [0.1, 0.15) is 5.57 Å². The number of aliphatic carboxylic acids is 1. The Morgan fingerprint density at radius 2 is 1.96 bits per heavy atom. The van der Waals surface area contributed by atoms with Gasteiger partial charge in [-0.3, -0.25) is 15.0 Å². The molecule has 2 aromatic rings. The lowest BCUT2D eigenvalue weighted by Crippen LogP contribution is -2.35. The van der Waals surface area contributed by atoms with Gasteiger partial charge in [0.2, 0.25) is 0 Å².